The van der Waals surface area contributed by atoms with Crippen molar-refractivity contribution in [3.05, 3.63) is 29.8 Å². The minimum Gasteiger partial charge on any atom is -0.494 e. The zero-order valence-electron chi connectivity index (χ0n) is 10.7. The van der Waals surface area contributed by atoms with Crippen molar-refractivity contribution in [2.45, 2.75) is 19.8 Å². The molecule has 0 heterocycles. The van der Waals surface area contributed by atoms with Crippen molar-refractivity contribution in [3.8, 4) is 5.75 Å². The highest BCUT2D eigenvalue weighted by Crippen LogP contribution is 2.13. The molecule has 18 heavy (non-hydrogen) atoms. The lowest BCUT2D eigenvalue weighted by atomic mass is 10.2. The number of amides is 1. The fraction of sp³-hybridized carbons (Fsp3) is 0.385. The molecule has 0 radical (unpaired) electrons. The first-order valence-corrected chi connectivity index (χ1v) is 6.34. The molecule has 0 aliphatic carbocycles. The van der Waals surface area contributed by atoms with Crippen LogP contribution in [0.5, 0.6) is 5.75 Å². The summed E-state index contributed by atoms with van der Waals surface area (Å²) in [5.41, 5.74) is 0.529. The van der Waals surface area contributed by atoms with Gasteiger partial charge in [0.1, 0.15) is 5.75 Å². The number of ether oxygens (including phenoxy) is 1. The molecule has 4 nitrogen and oxygen atoms in total. The van der Waals surface area contributed by atoms with Gasteiger partial charge in [0.05, 0.1) is 6.61 Å². The fourth-order valence-electron chi connectivity index (χ4n) is 1.30. The molecule has 0 unspecified atom stereocenters. The summed E-state index contributed by atoms with van der Waals surface area (Å²) in [5.74, 6) is 0.460. The van der Waals surface area contributed by atoms with Gasteiger partial charge in [-0.05, 0) is 36.8 Å². The van der Waals surface area contributed by atoms with Crippen LogP contribution >= 0.6 is 12.2 Å². The zero-order chi connectivity index (χ0) is 13.4. The predicted octanol–water partition coefficient (Wildman–Crippen LogP) is 2.10. The van der Waals surface area contributed by atoms with Crippen LogP contribution in [0.1, 0.15) is 30.1 Å². The number of hydrogen-bond donors (Lipinski definition) is 2. The average molecular weight is 266 g/mol. The molecule has 0 saturated carbocycles. The highest BCUT2D eigenvalue weighted by atomic mass is 32.1. The number of hydrogen-bond acceptors (Lipinski definition) is 3. The Hall–Kier alpha value is -1.62. The van der Waals surface area contributed by atoms with Crippen LogP contribution < -0.4 is 15.4 Å². The molecule has 0 bridgehead atoms. The Morgan fingerprint density at radius 1 is 1.44 bits per heavy atom. The van der Waals surface area contributed by atoms with Crippen LogP contribution in [0.15, 0.2) is 24.3 Å². The van der Waals surface area contributed by atoms with Gasteiger partial charge in [-0.25, -0.2) is 0 Å². The Bertz CT molecular complexity index is 421. The number of thiocarbonyl (C=S) groups is 1. The molecule has 0 saturated heterocycles. The number of carbonyl (C=O) groups excluding carboxylic acids is 1. The van der Waals surface area contributed by atoms with Gasteiger partial charge in [0.15, 0.2) is 5.11 Å². The van der Waals surface area contributed by atoms with Crippen molar-refractivity contribution >= 4 is 23.2 Å². The Kier molecular flexibility index (Phi) is 6.14. The van der Waals surface area contributed by atoms with E-state index in [1.54, 1.807) is 25.2 Å². The van der Waals surface area contributed by atoms with Crippen LogP contribution in [0, 0.1) is 0 Å². The first-order chi connectivity index (χ1) is 8.67. The lowest BCUT2D eigenvalue weighted by molar-refractivity contribution is 0.0976. The van der Waals surface area contributed by atoms with E-state index in [9.17, 15) is 4.79 Å². The number of nitrogens with one attached hydrogen (secondary N) is 2. The van der Waals surface area contributed by atoms with E-state index in [-0.39, 0.29) is 5.91 Å². The molecule has 5 heteroatoms. The Balaban J connectivity index is 2.63. The summed E-state index contributed by atoms with van der Waals surface area (Å²) < 4.78 is 5.54. The van der Waals surface area contributed by atoms with E-state index in [1.807, 2.05) is 6.07 Å². The second kappa shape index (κ2) is 7.66. The maximum Gasteiger partial charge on any atom is 0.257 e. The molecule has 0 spiro atoms. The molecule has 1 aromatic carbocycles. The lowest BCUT2D eigenvalue weighted by Gasteiger charge is -2.08. The summed E-state index contributed by atoms with van der Waals surface area (Å²) in [7, 11) is 1.66. The van der Waals surface area contributed by atoms with Gasteiger partial charge < -0.3 is 10.1 Å². The van der Waals surface area contributed by atoms with Crippen molar-refractivity contribution in [2.24, 2.45) is 0 Å². The first-order valence-electron chi connectivity index (χ1n) is 5.93. The second-order valence-corrected chi connectivity index (χ2v) is 4.17. The summed E-state index contributed by atoms with van der Waals surface area (Å²) in [6, 6.07) is 7.06. The van der Waals surface area contributed by atoms with Gasteiger partial charge in [0.25, 0.3) is 5.91 Å². The van der Waals surface area contributed by atoms with Crippen LogP contribution in [0.2, 0.25) is 0 Å². The molecular formula is C13H18N2O2S. The van der Waals surface area contributed by atoms with E-state index < -0.39 is 0 Å². The van der Waals surface area contributed by atoms with Crippen molar-refractivity contribution in [3.63, 3.8) is 0 Å². The van der Waals surface area contributed by atoms with Crippen LogP contribution in [0.4, 0.5) is 0 Å². The van der Waals surface area contributed by atoms with E-state index in [1.165, 1.54) is 0 Å². The van der Waals surface area contributed by atoms with Gasteiger partial charge in [-0.2, -0.15) is 0 Å². The molecule has 0 aliphatic heterocycles. The predicted molar refractivity (Wildman–Crippen MR) is 76.0 cm³/mol. The van der Waals surface area contributed by atoms with Gasteiger partial charge >= 0.3 is 0 Å². The average Bonchev–Trinajstić information content (AvgIpc) is 2.39. The van der Waals surface area contributed by atoms with E-state index >= 15 is 0 Å². The smallest absolute Gasteiger partial charge is 0.257 e. The third-order valence-corrected chi connectivity index (χ3v) is 2.62. The summed E-state index contributed by atoms with van der Waals surface area (Å²) >= 11 is 4.88. The summed E-state index contributed by atoms with van der Waals surface area (Å²) in [6.07, 6.45) is 2.08. The minimum absolute atomic E-state index is 0.240. The normalized spacial score (nSPS) is 9.67. The number of unbranched alkanes of at least 4 members (excludes halogenated alkanes) is 1. The van der Waals surface area contributed by atoms with Crippen molar-refractivity contribution < 1.29 is 9.53 Å². The first kappa shape index (κ1) is 14.4. The van der Waals surface area contributed by atoms with E-state index in [4.69, 9.17) is 17.0 Å². The van der Waals surface area contributed by atoms with E-state index in [0.29, 0.717) is 23.0 Å². The molecule has 1 rings (SSSR count). The van der Waals surface area contributed by atoms with Crippen LogP contribution in [0.3, 0.4) is 0 Å². The largest absolute Gasteiger partial charge is 0.494 e. The van der Waals surface area contributed by atoms with Crippen LogP contribution in [-0.2, 0) is 0 Å². The highest BCUT2D eigenvalue weighted by molar-refractivity contribution is 7.80. The Labute approximate surface area is 113 Å². The topological polar surface area (TPSA) is 50.4 Å². The number of benzene rings is 1. The standard InChI is InChI=1S/C13H18N2O2S/c1-3-4-8-17-11-7-5-6-10(9-11)12(16)15-13(18)14-2/h5-7,9H,3-4,8H2,1-2H3,(H2,14,15,16,18). The molecular weight excluding hydrogens is 248 g/mol. The summed E-state index contributed by atoms with van der Waals surface area (Å²) in [6.45, 7) is 2.77. The molecule has 2 N–H and O–H groups in total. The maximum absolute atomic E-state index is 11.8. The van der Waals surface area contributed by atoms with Gasteiger partial charge in [-0.1, -0.05) is 19.4 Å². The molecule has 0 fully saturated rings. The fourth-order valence-corrected chi connectivity index (χ4v) is 1.39. The molecule has 1 aromatic rings. The molecule has 1 amide bonds. The van der Waals surface area contributed by atoms with Gasteiger partial charge in [-0.15, -0.1) is 0 Å². The summed E-state index contributed by atoms with van der Waals surface area (Å²) in [4.78, 5) is 11.8. The van der Waals surface area contributed by atoms with E-state index in [0.717, 1.165) is 12.8 Å². The van der Waals surface area contributed by atoms with E-state index in [2.05, 4.69) is 17.6 Å². The molecule has 98 valence electrons. The molecule has 0 atom stereocenters. The zero-order valence-corrected chi connectivity index (χ0v) is 11.5. The highest BCUT2D eigenvalue weighted by Gasteiger charge is 2.07. The lowest BCUT2D eigenvalue weighted by Crippen LogP contribution is -2.37. The third kappa shape index (κ3) is 4.71. The quantitative estimate of drug-likeness (QED) is 0.633. The Morgan fingerprint density at radius 2 is 2.22 bits per heavy atom. The monoisotopic (exact) mass is 266 g/mol. The van der Waals surface area contributed by atoms with Gasteiger partial charge in [0, 0.05) is 12.6 Å². The third-order valence-electron chi connectivity index (χ3n) is 2.32. The molecule has 0 aliphatic rings. The van der Waals surface area contributed by atoms with Crippen LogP contribution in [-0.4, -0.2) is 24.7 Å². The van der Waals surface area contributed by atoms with Crippen molar-refractivity contribution in [2.75, 3.05) is 13.7 Å². The minimum atomic E-state index is -0.240. The molecule has 0 aromatic heterocycles. The number of rotatable bonds is 5. The SMILES string of the molecule is CCCCOc1cccc(C(=O)NC(=S)NC)c1. The van der Waals surface area contributed by atoms with Crippen molar-refractivity contribution in [1.29, 1.82) is 0 Å². The van der Waals surface area contributed by atoms with Gasteiger partial charge in [0.2, 0.25) is 0 Å². The summed E-state index contributed by atoms with van der Waals surface area (Å²) in [5, 5.41) is 5.56. The Morgan fingerprint density at radius 3 is 2.89 bits per heavy atom. The van der Waals surface area contributed by atoms with Gasteiger partial charge in [-0.3, -0.25) is 10.1 Å². The maximum atomic E-state index is 11.8. The number of carbonyl (C=O) groups is 1. The van der Waals surface area contributed by atoms with Crippen molar-refractivity contribution in [1.82, 2.24) is 10.6 Å². The van der Waals surface area contributed by atoms with Crippen LogP contribution in [0.25, 0.3) is 0 Å². The second-order valence-electron chi connectivity index (χ2n) is 3.76.